The summed E-state index contributed by atoms with van der Waals surface area (Å²) in [5.74, 6) is 2.40. The number of anilines is 2. The molecule has 1 fully saturated rings. The van der Waals surface area contributed by atoms with Crippen molar-refractivity contribution in [3.05, 3.63) is 11.9 Å². The van der Waals surface area contributed by atoms with Crippen molar-refractivity contribution in [1.29, 1.82) is 0 Å². The average Bonchev–Trinajstić information content (AvgIpc) is 2.96. The first-order valence-electron chi connectivity index (χ1n) is 7.59. The van der Waals surface area contributed by atoms with E-state index in [4.69, 9.17) is 0 Å². The van der Waals surface area contributed by atoms with Crippen molar-refractivity contribution in [3.63, 3.8) is 0 Å². The zero-order valence-corrected chi connectivity index (χ0v) is 13.2. The zero-order valence-electron chi connectivity index (χ0n) is 13.2. The van der Waals surface area contributed by atoms with E-state index < -0.39 is 0 Å². The Bertz CT molecular complexity index is 426. The van der Waals surface area contributed by atoms with Crippen LogP contribution in [-0.2, 0) is 0 Å². The summed E-state index contributed by atoms with van der Waals surface area (Å²) >= 11 is 0. The van der Waals surface area contributed by atoms with Gasteiger partial charge in [0, 0.05) is 32.7 Å². The lowest BCUT2D eigenvalue weighted by Gasteiger charge is -2.26. The fraction of sp³-hybridized carbons (Fsp3) is 0.733. The molecule has 5 heteroatoms. The molecule has 0 saturated carbocycles. The molecule has 0 bridgehead atoms. The van der Waals surface area contributed by atoms with Gasteiger partial charge in [0.05, 0.1) is 0 Å². The quantitative estimate of drug-likeness (QED) is 0.863. The number of nitrogens with zero attached hydrogens (tertiary/aromatic N) is 4. The third-order valence-electron chi connectivity index (χ3n) is 3.99. The van der Waals surface area contributed by atoms with Crippen LogP contribution in [0.25, 0.3) is 0 Å². The SMILES string of the molecule is CNc1ncnc(N(C)CCN2CCCC2)c1C(C)C. The standard InChI is InChI=1S/C15H27N5/c1-12(2)13-14(16-3)17-11-18-15(13)19(4)9-10-20-7-5-6-8-20/h11-12H,5-10H2,1-4H3,(H,16,17,18). The first-order chi connectivity index (χ1) is 9.63. The van der Waals surface area contributed by atoms with Gasteiger partial charge in [-0.05, 0) is 31.8 Å². The van der Waals surface area contributed by atoms with Crippen LogP contribution < -0.4 is 10.2 Å². The van der Waals surface area contributed by atoms with Crippen molar-refractivity contribution in [2.75, 3.05) is 50.5 Å². The number of aromatic nitrogens is 2. The van der Waals surface area contributed by atoms with Gasteiger partial charge in [-0.25, -0.2) is 9.97 Å². The Morgan fingerprint density at radius 1 is 1.30 bits per heavy atom. The van der Waals surface area contributed by atoms with E-state index in [1.807, 2.05) is 7.05 Å². The maximum atomic E-state index is 4.51. The summed E-state index contributed by atoms with van der Waals surface area (Å²) in [4.78, 5) is 13.6. The number of hydrogen-bond donors (Lipinski definition) is 1. The predicted octanol–water partition coefficient (Wildman–Crippen LogP) is 2.17. The van der Waals surface area contributed by atoms with Crippen molar-refractivity contribution in [2.24, 2.45) is 0 Å². The van der Waals surface area contributed by atoms with Gasteiger partial charge >= 0.3 is 0 Å². The van der Waals surface area contributed by atoms with E-state index in [1.54, 1.807) is 6.33 Å². The molecule has 2 heterocycles. The summed E-state index contributed by atoms with van der Waals surface area (Å²) in [6.45, 7) is 9.01. The Morgan fingerprint density at radius 3 is 2.60 bits per heavy atom. The first kappa shape index (κ1) is 15.0. The molecule has 0 atom stereocenters. The van der Waals surface area contributed by atoms with Gasteiger partial charge < -0.3 is 15.1 Å². The van der Waals surface area contributed by atoms with Crippen molar-refractivity contribution >= 4 is 11.6 Å². The smallest absolute Gasteiger partial charge is 0.137 e. The Balaban J connectivity index is 2.09. The molecule has 2 rings (SSSR count). The van der Waals surface area contributed by atoms with Gasteiger partial charge in [0.25, 0.3) is 0 Å². The maximum Gasteiger partial charge on any atom is 0.137 e. The molecule has 0 radical (unpaired) electrons. The third-order valence-corrected chi connectivity index (χ3v) is 3.99. The molecular weight excluding hydrogens is 250 g/mol. The van der Waals surface area contributed by atoms with E-state index in [9.17, 15) is 0 Å². The molecule has 0 spiro atoms. The molecule has 112 valence electrons. The highest BCUT2D eigenvalue weighted by atomic mass is 15.2. The highest BCUT2D eigenvalue weighted by Gasteiger charge is 2.18. The van der Waals surface area contributed by atoms with Crippen LogP contribution in [-0.4, -0.2) is 55.1 Å². The zero-order chi connectivity index (χ0) is 14.5. The van der Waals surface area contributed by atoms with Crippen LogP contribution in [0.5, 0.6) is 0 Å². The predicted molar refractivity (Wildman–Crippen MR) is 84.6 cm³/mol. The number of likely N-dealkylation sites (N-methyl/N-ethyl adjacent to an activating group) is 1. The van der Waals surface area contributed by atoms with Crippen LogP contribution in [0.2, 0.25) is 0 Å². The lowest BCUT2D eigenvalue weighted by atomic mass is 10.0. The van der Waals surface area contributed by atoms with Gasteiger partial charge in [0.2, 0.25) is 0 Å². The molecule has 1 saturated heterocycles. The monoisotopic (exact) mass is 277 g/mol. The minimum atomic E-state index is 0.405. The first-order valence-corrected chi connectivity index (χ1v) is 7.59. The molecule has 1 aromatic heterocycles. The lowest BCUT2D eigenvalue weighted by Crippen LogP contribution is -2.32. The summed E-state index contributed by atoms with van der Waals surface area (Å²) in [5, 5.41) is 3.18. The molecule has 1 aromatic rings. The second-order valence-electron chi connectivity index (χ2n) is 5.83. The highest BCUT2D eigenvalue weighted by molar-refractivity contribution is 5.59. The number of likely N-dealkylation sites (tertiary alicyclic amines) is 1. The molecule has 0 unspecified atom stereocenters. The van der Waals surface area contributed by atoms with Crippen LogP contribution in [0.3, 0.4) is 0 Å². The Hall–Kier alpha value is -1.36. The minimum absolute atomic E-state index is 0.405. The molecule has 0 aromatic carbocycles. The molecule has 1 aliphatic heterocycles. The summed E-state index contributed by atoms with van der Waals surface area (Å²) < 4.78 is 0. The summed E-state index contributed by atoms with van der Waals surface area (Å²) in [5.41, 5.74) is 1.21. The van der Waals surface area contributed by atoms with Crippen LogP contribution >= 0.6 is 0 Å². The second-order valence-corrected chi connectivity index (χ2v) is 5.83. The van der Waals surface area contributed by atoms with E-state index in [2.05, 4.69) is 46.0 Å². The lowest BCUT2D eigenvalue weighted by molar-refractivity contribution is 0.346. The van der Waals surface area contributed by atoms with Crippen molar-refractivity contribution in [2.45, 2.75) is 32.6 Å². The van der Waals surface area contributed by atoms with E-state index in [1.165, 1.54) is 31.5 Å². The highest BCUT2D eigenvalue weighted by Crippen LogP contribution is 2.29. The number of hydrogen-bond acceptors (Lipinski definition) is 5. The number of nitrogens with one attached hydrogen (secondary N) is 1. The van der Waals surface area contributed by atoms with Crippen LogP contribution in [0.15, 0.2) is 6.33 Å². The molecule has 1 N–H and O–H groups in total. The van der Waals surface area contributed by atoms with Gasteiger partial charge in [0.15, 0.2) is 0 Å². The topological polar surface area (TPSA) is 44.3 Å². The molecule has 20 heavy (non-hydrogen) atoms. The van der Waals surface area contributed by atoms with E-state index in [-0.39, 0.29) is 0 Å². The van der Waals surface area contributed by atoms with Crippen molar-refractivity contribution in [3.8, 4) is 0 Å². The third kappa shape index (κ3) is 3.39. The summed E-state index contributed by atoms with van der Waals surface area (Å²) in [6.07, 6.45) is 4.34. The fourth-order valence-corrected chi connectivity index (χ4v) is 2.82. The average molecular weight is 277 g/mol. The maximum absolute atomic E-state index is 4.51. The van der Waals surface area contributed by atoms with E-state index in [0.29, 0.717) is 5.92 Å². The number of rotatable bonds is 6. The minimum Gasteiger partial charge on any atom is -0.373 e. The van der Waals surface area contributed by atoms with Crippen LogP contribution in [0, 0.1) is 0 Å². The van der Waals surface area contributed by atoms with Gasteiger partial charge in [-0.2, -0.15) is 0 Å². The summed E-state index contributed by atoms with van der Waals surface area (Å²) in [6, 6.07) is 0. The van der Waals surface area contributed by atoms with E-state index >= 15 is 0 Å². The van der Waals surface area contributed by atoms with Crippen molar-refractivity contribution in [1.82, 2.24) is 14.9 Å². The normalized spacial score (nSPS) is 15.8. The van der Waals surface area contributed by atoms with Crippen molar-refractivity contribution < 1.29 is 0 Å². The van der Waals surface area contributed by atoms with E-state index in [0.717, 1.165) is 24.7 Å². The Kier molecular flexibility index (Phi) is 5.17. The molecule has 1 aliphatic rings. The molecule has 5 nitrogen and oxygen atoms in total. The van der Waals surface area contributed by atoms with Gasteiger partial charge in [-0.1, -0.05) is 13.8 Å². The fourth-order valence-electron chi connectivity index (χ4n) is 2.82. The Labute approximate surface area is 122 Å². The Morgan fingerprint density at radius 2 is 2.00 bits per heavy atom. The summed E-state index contributed by atoms with van der Waals surface area (Å²) in [7, 11) is 4.05. The van der Waals surface area contributed by atoms with Crippen LogP contribution in [0.4, 0.5) is 11.6 Å². The largest absolute Gasteiger partial charge is 0.373 e. The van der Waals surface area contributed by atoms with Gasteiger partial charge in [-0.15, -0.1) is 0 Å². The van der Waals surface area contributed by atoms with Gasteiger partial charge in [-0.3, -0.25) is 0 Å². The molecule has 0 amide bonds. The second kappa shape index (κ2) is 6.88. The molecular formula is C15H27N5. The molecule has 0 aliphatic carbocycles. The van der Waals surface area contributed by atoms with Gasteiger partial charge in [0.1, 0.15) is 18.0 Å². The van der Waals surface area contributed by atoms with Crippen LogP contribution in [0.1, 0.15) is 38.2 Å².